The summed E-state index contributed by atoms with van der Waals surface area (Å²) in [6.45, 7) is 1.60. The molecule has 0 aliphatic rings. The Hall–Kier alpha value is -3.00. The molecule has 3 rings (SSSR count). The second-order valence-corrected chi connectivity index (χ2v) is 7.14. The normalized spacial score (nSPS) is 10.6. The fourth-order valence-corrected chi connectivity index (χ4v) is 3.78. The maximum absolute atomic E-state index is 12.6. The first-order valence-corrected chi connectivity index (χ1v) is 9.76. The zero-order valence-electron chi connectivity index (χ0n) is 15.3. The molecule has 0 bridgehead atoms. The quantitative estimate of drug-likeness (QED) is 0.440. The maximum atomic E-state index is 12.6. The molecule has 0 unspecified atom stereocenters. The van der Waals surface area contributed by atoms with Crippen LogP contribution in [0.5, 0.6) is 0 Å². The Labute approximate surface area is 167 Å². The number of carbonyl (C=O) groups is 2. The molecule has 0 atom stereocenters. The van der Waals surface area contributed by atoms with Crippen LogP contribution in [0.1, 0.15) is 25.6 Å². The van der Waals surface area contributed by atoms with Crippen molar-refractivity contribution in [3.05, 3.63) is 76.0 Å². The molecule has 0 saturated carbocycles. The zero-order chi connectivity index (χ0) is 19.9. The number of thiophene rings is 1. The second kappa shape index (κ2) is 9.27. The van der Waals surface area contributed by atoms with Gasteiger partial charge in [0.15, 0.2) is 0 Å². The second-order valence-electron chi connectivity index (χ2n) is 6.17. The molecule has 2 aromatic carbocycles. The molecule has 0 spiro atoms. The van der Waals surface area contributed by atoms with Crippen LogP contribution >= 0.6 is 11.3 Å². The third-order valence-corrected chi connectivity index (χ3v) is 5.21. The van der Waals surface area contributed by atoms with E-state index in [0.717, 1.165) is 16.0 Å². The summed E-state index contributed by atoms with van der Waals surface area (Å²) in [6.07, 6.45) is 0. The van der Waals surface area contributed by atoms with E-state index in [2.05, 4.69) is 10.6 Å². The van der Waals surface area contributed by atoms with Crippen molar-refractivity contribution in [2.75, 3.05) is 18.4 Å². The first-order chi connectivity index (χ1) is 13.6. The number of nitrogens with one attached hydrogen (secondary N) is 2. The lowest BCUT2D eigenvalue weighted by Gasteiger charge is -2.08. The molecule has 6 N–H and O–H groups in total. The fourth-order valence-electron chi connectivity index (χ4n) is 2.83. The van der Waals surface area contributed by atoms with Gasteiger partial charge >= 0.3 is 0 Å². The molecule has 2 amide bonds. The third-order valence-electron chi connectivity index (χ3n) is 4.22. The van der Waals surface area contributed by atoms with Crippen molar-refractivity contribution >= 4 is 28.8 Å². The summed E-state index contributed by atoms with van der Waals surface area (Å²) in [5.41, 5.74) is 14.4. The van der Waals surface area contributed by atoms with Gasteiger partial charge in [-0.1, -0.05) is 42.5 Å². The molecule has 0 radical (unpaired) electrons. The lowest BCUT2D eigenvalue weighted by atomic mass is 10.0. The number of benzene rings is 2. The lowest BCUT2D eigenvalue weighted by molar-refractivity contribution is 0.100. The Morgan fingerprint density at radius 2 is 1.64 bits per heavy atom. The number of nitrogens with two attached hydrogens (primary N) is 2. The van der Waals surface area contributed by atoms with Gasteiger partial charge in [0.25, 0.3) is 11.8 Å². The van der Waals surface area contributed by atoms with E-state index in [1.165, 1.54) is 11.3 Å². The average molecular weight is 395 g/mol. The van der Waals surface area contributed by atoms with E-state index in [4.69, 9.17) is 11.5 Å². The van der Waals surface area contributed by atoms with Gasteiger partial charge in [0.05, 0.1) is 11.3 Å². The lowest BCUT2D eigenvalue weighted by Crippen LogP contribution is -2.23. The summed E-state index contributed by atoms with van der Waals surface area (Å²) in [5.74, 6) is -0.859. The van der Waals surface area contributed by atoms with Gasteiger partial charge in [-0.2, -0.15) is 0 Å². The fraction of sp³-hybridized carbons (Fsp3) is 0.143. The van der Waals surface area contributed by atoms with Crippen LogP contribution in [0, 0.1) is 0 Å². The highest BCUT2D eigenvalue weighted by Gasteiger charge is 2.18. The summed E-state index contributed by atoms with van der Waals surface area (Å²) < 4.78 is 0. The number of anilines is 1. The molecule has 0 aliphatic heterocycles. The van der Waals surface area contributed by atoms with Crippen LogP contribution in [0.2, 0.25) is 0 Å². The first-order valence-electron chi connectivity index (χ1n) is 8.88. The van der Waals surface area contributed by atoms with E-state index in [9.17, 15) is 9.59 Å². The Morgan fingerprint density at radius 3 is 2.29 bits per heavy atom. The van der Waals surface area contributed by atoms with Gasteiger partial charge in [-0.3, -0.25) is 9.59 Å². The summed E-state index contributed by atoms with van der Waals surface area (Å²) in [6, 6.07) is 17.2. The highest BCUT2D eigenvalue weighted by molar-refractivity contribution is 7.10. The smallest absolute Gasteiger partial charge is 0.255 e. The minimum atomic E-state index is -0.569. The molecule has 0 aliphatic carbocycles. The van der Waals surface area contributed by atoms with Crippen molar-refractivity contribution in [2.24, 2.45) is 11.5 Å². The largest absolute Gasteiger partial charge is 0.365 e. The summed E-state index contributed by atoms with van der Waals surface area (Å²) in [5, 5.41) is 7.66. The van der Waals surface area contributed by atoms with Crippen LogP contribution in [0.3, 0.4) is 0 Å². The van der Waals surface area contributed by atoms with Gasteiger partial charge in [-0.05, 0) is 23.3 Å². The van der Waals surface area contributed by atoms with Gasteiger partial charge in [0.2, 0.25) is 0 Å². The Kier molecular flexibility index (Phi) is 6.54. The van der Waals surface area contributed by atoms with Crippen LogP contribution in [0.4, 0.5) is 5.69 Å². The van der Waals surface area contributed by atoms with Crippen LogP contribution < -0.4 is 22.1 Å². The van der Waals surface area contributed by atoms with Crippen molar-refractivity contribution < 1.29 is 9.59 Å². The summed E-state index contributed by atoms with van der Waals surface area (Å²) >= 11 is 1.37. The molecule has 3 aromatic rings. The summed E-state index contributed by atoms with van der Waals surface area (Å²) in [7, 11) is 0. The molecule has 28 heavy (non-hydrogen) atoms. The van der Waals surface area contributed by atoms with E-state index in [1.807, 2.05) is 42.5 Å². The SMILES string of the molecule is NCCNCc1scc(NC(=O)c2ccc(-c3ccccc3)cc2)c1C(N)=O. The van der Waals surface area contributed by atoms with E-state index >= 15 is 0 Å². The molecule has 144 valence electrons. The number of hydrogen-bond donors (Lipinski definition) is 4. The Bertz CT molecular complexity index is 952. The highest BCUT2D eigenvalue weighted by Crippen LogP contribution is 2.28. The standard InChI is InChI=1S/C21H22N4O2S/c22-10-11-24-12-18-19(20(23)26)17(13-28-18)25-21(27)16-8-6-15(7-9-16)14-4-2-1-3-5-14/h1-9,13,24H,10-12,22H2,(H2,23,26)(H,25,27). The molecule has 0 saturated heterocycles. The van der Waals surface area contributed by atoms with Crippen molar-refractivity contribution in [1.82, 2.24) is 5.32 Å². The number of primary amides is 1. The van der Waals surface area contributed by atoms with E-state index in [0.29, 0.717) is 36.4 Å². The van der Waals surface area contributed by atoms with Crippen molar-refractivity contribution in [1.29, 1.82) is 0 Å². The predicted octanol–water partition coefficient (Wildman–Crippen LogP) is 2.81. The van der Waals surface area contributed by atoms with Crippen molar-refractivity contribution in [3.8, 4) is 11.1 Å². The van der Waals surface area contributed by atoms with E-state index in [1.54, 1.807) is 17.5 Å². The van der Waals surface area contributed by atoms with Crippen LogP contribution in [0.15, 0.2) is 60.0 Å². The van der Waals surface area contributed by atoms with Crippen LogP contribution in [-0.2, 0) is 6.54 Å². The number of rotatable bonds is 8. The molecule has 0 fully saturated rings. The van der Waals surface area contributed by atoms with Gasteiger partial charge < -0.3 is 22.1 Å². The van der Waals surface area contributed by atoms with Gasteiger partial charge in [0.1, 0.15) is 0 Å². The van der Waals surface area contributed by atoms with E-state index in [-0.39, 0.29) is 5.91 Å². The average Bonchev–Trinajstić information content (AvgIpc) is 3.11. The van der Waals surface area contributed by atoms with Crippen LogP contribution in [-0.4, -0.2) is 24.9 Å². The number of hydrogen-bond acceptors (Lipinski definition) is 5. The maximum Gasteiger partial charge on any atom is 0.255 e. The monoisotopic (exact) mass is 394 g/mol. The summed E-state index contributed by atoms with van der Waals surface area (Å²) in [4.78, 5) is 25.3. The Morgan fingerprint density at radius 1 is 0.964 bits per heavy atom. The van der Waals surface area contributed by atoms with E-state index < -0.39 is 5.91 Å². The van der Waals surface area contributed by atoms with Gasteiger partial charge in [0, 0.05) is 35.5 Å². The molecule has 6 nitrogen and oxygen atoms in total. The number of carbonyl (C=O) groups excluding carboxylic acids is 2. The minimum Gasteiger partial charge on any atom is -0.365 e. The molecule has 1 aromatic heterocycles. The molecule has 7 heteroatoms. The Balaban J connectivity index is 1.75. The highest BCUT2D eigenvalue weighted by atomic mass is 32.1. The molecular weight excluding hydrogens is 372 g/mol. The van der Waals surface area contributed by atoms with Crippen molar-refractivity contribution in [2.45, 2.75) is 6.54 Å². The zero-order valence-corrected chi connectivity index (χ0v) is 16.1. The number of amides is 2. The minimum absolute atomic E-state index is 0.290. The third kappa shape index (κ3) is 4.64. The molecule has 1 heterocycles. The van der Waals surface area contributed by atoms with Crippen LogP contribution in [0.25, 0.3) is 11.1 Å². The van der Waals surface area contributed by atoms with Gasteiger partial charge in [-0.15, -0.1) is 11.3 Å². The van der Waals surface area contributed by atoms with Crippen molar-refractivity contribution in [3.63, 3.8) is 0 Å². The first kappa shape index (κ1) is 19.8. The van der Waals surface area contributed by atoms with Gasteiger partial charge in [-0.25, -0.2) is 0 Å². The topological polar surface area (TPSA) is 110 Å². The predicted molar refractivity (Wildman–Crippen MR) is 113 cm³/mol. The molecular formula is C21H22N4O2S.